The number of nitrogens with two attached hydrogens (primary N) is 1. The van der Waals surface area contributed by atoms with E-state index >= 15 is 0 Å². The molecule has 23 heavy (non-hydrogen) atoms. The summed E-state index contributed by atoms with van der Waals surface area (Å²) < 4.78 is 0. The first-order valence-electron chi connectivity index (χ1n) is 8.21. The third-order valence-electron chi connectivity index (χ3n) is 4.78. The van der Waals surface area contributed by atoms with Crippen molar-refractivity contribution in [3.8, 4) is 0 Å². The van der Waals surface area contributed by atoms with Crippen LogP contribution in [0.3, 0.4) is 0 Å². The van der Waals surface area contributed by atoms with Crippen LogP contribution in [0.2, 0.25) is 0 Å². The Labute approximate surface area is 138 Å². The quantitative estimate of drug-likeness (QED) is 0.742. The number of β-amino-alcohol motifs (C(OH)–C–C–N with tert-alkyl or cyclic N) is 1. The van der Waals surface area contributed by atoms with E-state index in [0.717, 1.165) is 12.8 Å². The van der Waals surface area contributed by atoms with Crippen molar-refractivity contribution in [2.24, 2.45) is 0 Å². The molecular weight excluding hydrogens is 290 g/mol. The fourth-order valence-corrected chi connectivity index (χ4v) is 4.03. The minimum Gasteiger partial charge on any atom is -0.399 e. The monoisotopic (exact) mass is 319 g/mol. The molecule has 5 heteroatoms. The van der Waals surface area contributed by atoms with Gasteiger partial charge in [0.15, 0.2) is 0 Å². The van der Waals surface area contributed by atoms with Gasteiger partial charge in [0.1, 0.15) is 0 Å². The maximum Gasteiger partial charge on any atom is 0.251 e. The fraction of sp³-hybridized carbons (Fsp3) is 0.611. The highest BCUT2D eigenvalue weighted by molar-refractivity contribution is 5.94. The van der Waals surface area contributed by atoms with Crippen molar-refractivity contribution < 1.29 is 9.90 Å². The van der Waals surface area contributed by atoms with Gasteiger partial charge in [-0.05, 0) is 64.8 Å². The summed E-state index contributed by atoms with van der Waals surface area (Å²) in [6, 6.07) is 7.10. The Bertz CT molecular complexity index is 534. The molecule has 5 nitrogen and oxygen atoms in total. The van der Waals surface area contributed by atoms with Gasteiger partial charge in [0.25, 0.3) is 5.91 Å². The van der Waals surface area contributed by atoms with E-state index in [-0.39, 0.29) is 29.6 Å². The zero-order valence-corrected chi connectivity index (χ0v) is 14.6. The van der Waals surface area contributed by atoms with E-state index < -0.39 is 0 Å². The van der Waals surface area contributed by atoms with Crippen molar-refractivity contribution >= 4 is 11.6 Å². The van der Waals surface area contributed by atoms with E-state index in [1.54, 1.807) is 24.3 Å². The Hall–Kier alpha value is -1.59. The van der Waals surface area contributed by atoms with E-state index in [4.69, 9.17) is 5.73 Å². The van der Waals surface area contributed by atoms with Crippen LogP contribution in [-0.2, 0) is 0 Å². The Balaban J connectivity index is 2.10. The van der Waals surface area contributed by atoms with Gasteiger partial charge in [0, 0.05) is 34.9 Å². The molecule has 1 heterocycles. The minimum atomic E-state index is -0.0798. The molecule has 0 radical (unpaired) electrons. The van der Waals surface area contributed by atoms with Crippen molar-refractivity contribution in [2.75, 3.05) is 18.9 Å². The number of hydrogen-bond donors (Lipinski definition) is 3. The number of aliphatic hydroxyl groups excluding tert-OH is 1. The molecule has 1 aliphatic heterocycles. The number of anilines is 1. The van der Waals surface area contributed by atoms with Gasteiger partial charge < -0.3 is 16.2 Å². The molecule has 0 atom stereocenters. The Morgan fingerprint density at radius 3 is 2.22 bits per heavy atom. The van der Waals surface area contributed by atoms with Gasteiger partial charge in [-0.1, -0.05) is 0 Å². The Morgan fingerprint density at radius 1 is 1.22 bits per heavy atom. The molecular formula is C18H29N3O2. The molecule has 0 unspecified atom stereocenters. The van der Waals surface area contributed by atoms with Gasteiger partial charge in [0.05, 0.1) is 6.61 Å². The molecule has 0 bridgehead atoms. The lowest BCUT2D eigenvalue weighted by Crippen LogP contribution is -2.64. The molecule has 1 aliphatic rings. The third kappa shape index (κ3) is 4.03. The molecule has 0 saturated carbocycles. The lowest BCUT2D eigenvalue weighted by Gasteiger charge is -2.55. The van der Waals surface area contributed by atoms with E-state index in [2.05, 4.69) is 37.9 Å². The van der Waals surface area contributed by atoms with Gasteiger partial charge in [-0.3, -0.25) is 9.69 Å². The van der Waals surface area contributed by atoms with E-state index in [0.29, 0.717) is 17.8 Å². The number of benzene rings is 1. The summed E-state index contributed by atoms with van der Waals surface area (Å²) in [6.45, 7) is 9.49. The van der Waals surface area contributed by atoms with Crippen molar-refractivity contribution in [1.29, 1.82) is 0 Å². The molecule has 1 amide bonds. The SMILES string of the molecule is CC1(C)CC(NC(=O)c2ccc(N)cc2)CC(C)(C)N1CCO. The summed E-state index contributed by atoms with van der Waals surface area (Å²) in [5, 5.41) is 12.5. The summed E-state index contributed by atoms with van der Waals surface area (Å²) in [5.41, 5.74) is 6.79. The van der Waals surface area contributed by atoms with Crippen LogP contribution in [0.1, 0.15) is 50.9 Å². The van der Waals surface area contributed by atoms with Crippen molar-refractivity contribution in [3.05, 3.63) is 29.8 Å². The number of nitrogen functional groups attached to an aromatic ring is 1. The maximum atomic E-state index is 12.4. The first-order chi connectivity index (χ1) is 10.7. The van der Waals surface area contributed by atoms with Crippen molar-refractivity contribution in [1.82, 2.24) is 10.2 Å². The third-order valence-corrected chi connectivity index (χ3v) is 4.78. The number of nitrogens with one attached hydrogen (secondary N) is 1. The number of likely N-dealkylation sites (tertiary alicyclic amines) is 1. The summed E-state index contributed by atoms with van der Waals surface area (Å²) >= 11 is 0. The van der Waals surface area contributed by atoms with Crippen LogP contribution in [0, 0.1) is 0 Å². The Morgan fingerprint density at radius 2 is 1.74 bits per heavy atom. The normalized spacial score (nSPS) is 21.1. The molecule has 128 valence electrons. The number of rotatable bonds is 4. The van der Waals surface area contributed by atoms with Crippen LogP contribution >= 0.6 is 0 Å². The minimum absolute atomic E-state index is 0.0581. The van der Waals surface area contributed by atoms with E-state index in [9.17, 15) is 9.90 Å². The van der Waals surface area contributed by atoms with Crippen LogP contribution < -0.4 is 11.1 Å². The number of nitrogens with zero attached hydrogens (tertiary/aromatic N) is 1. The number of hydrogen-bond acceptors (Lipinski definition) is 4. The second-order valence-corrected chi connectivity index (χ2v) is 7.70. The first-order valence-corrected chi connectivity index (χ1v) is 8.21. The van der Waals surface area contributed by atoms with Crippen molar-refractivity contribution in [3.63, 3.8) is 0 Å². The molecule has 2 rings (SSSR count). The van der Waals surface area contributed by atoms with Gasteiger partial charge in [0.2, 0.25) is 0 Å². The predicted octanol–water partition coefficient (Wildman–Crippen LogP) is 2.01. The zero-order valence-electron chi connectivity index (χ0n) is 14.6. The van der Waals surface area contributed by atoms with Crippen LogP contribution in [0.25, 0.3) is 0 Å². The smallest absolute Gasteiger partial charge is 0.251 e. The number of amides is 1. The maximum absolute atomic E-state index is 12.4. The largest absolute Gasteiger partial charge is 0.399 e. The molecule has 0 aliphatic carbocycles. The van der Waals surface area contributed by atoms with Gasteiger partial charge >= 0.3 is 0 Å². The number of carbonyl (C=O) groups excluding carboxylic acids is 1. The second kappa shape index (κ2) is 6.49. The Kier molecular flexibility index (Phi) is 5.01. The first kappa shape index (κ1) is 17.8. The average Bonchev–Trinajstić information content (AvgIpc) is 2.42. The molecule has 1 aromatic rings. The zero-order chi connectivity index (χ0) is 17.3. The standard InChI is InChI=1S/C18H29N3O2/c1-17(2)11-15(12-18(3,4)21(17)9-10-22)20-16(23)13-5-7-14(19)8-6-13/h5-8,15,22H,9-12,19H2,1-4H3,(H,20,23). The number of carbonyl (C=O) groups is 1. The second-order valence-electron chi connectivity index (χ2n) is 7.70. The highest BCUT2D eigenvalue weighted by Gasteiger charge is 2.45. The summed E-state index contributed by atoms with van der Waals surface area (Å²) in [6.07, 6.45) is 1.72. The highest BCUT2D eigenvalue weighted by atomic mass is 16.3. The van der Waals surface area contributed by atoms with Crippen LogP contribution in [-0.4, -0.2) is 46.2 Å². The highest BCUT2D eigenvalue weighted by Crippen LogP contribution is 2.38. The summed E-state index contributed by atoms with van der Waals surface area (Å²) in [7, 11) is 0. The van der Waals surface area contributed by atoms with Gasteiger partial charge in [-0.15, -0.1) is 0 Å². The molecule has 0 aromatic heterocycles. The summed E-state index contributed by atoms with van der Waals surface area (Å²) in [5.74, 6) is -0.0581. The fourth-order valence-electron chi connectivity index (χ4n) is 4.03. The molecule has 0 spiro atoms. The van der Waals surface area contributed by atoms with Crippen LogP contribution in [0.5, 0.6) is 0 Å². The van der Waals surface area contributed by atoms with Crippen LogP contribution in [0.4, 0.5) is 5.69 Å². The van der Waals surface area contributed by atoms with Crippen molar-refractivity contribution in [2.45, 2.75) is 57.7 Å². The van der Waals surface area contributed by atoms with E-state index in [1.807, 2.05) is 0 Å². The van der Waals surface area contributed by atoms with Gasteiger partial charge in [-0.25, -0.2) is 0 Å². The van der Waals surface area contributed by atoms with Gasteiger partial charge in [-0.2, -0.15) is 0 Å². The number of aliphatic hydroxyl groups is 1. The van der Waals surface area contributed by atoms with E-state index in [1.165, 1.54) is 0 Å². The molecule has 1 saturated heterocycles. The average molecular weight is 319 g/mol. The summed E-state index contributed by atoms with van der Waals surface area (Å²) in [4.78, 5) is 14.8. The lowest BCUT2D eigenvalue weighted by molar-refractivity contribution is -0.0476. The number of piperidine rings is 1. The molecule has 4 N–H and O–H groups in total. The molecule has 1 fully saturated rings. The lowest BCUT2D eigenvalue weighted by atomic mass is 9.77. The molecule has 1 aromatic carbocycles. The topological polar surface area (TPSA) is 78.6 Å². The predicted molar refractivity (Wildman–Crippen MR) is 93.3 cm³/mol. The van der Waals surface area contributed by atoms with Crippen LogP contribution in [0.15, 0.2) is 24.3 Å².